The van der Waals surface area contributed by atoms with Gasteiger partial charge in [-0.3, -0.25) is 10.1 Å². The molecule has 108 valence electrons. The highest BCUT2D eigenvalue weighted by molar-refractivity contribution is 7.89. The van der Waals surface area contributed by atoms with E-state index in [0.29, 0.717) is 6.07 Å². The maximum atomic E-state index is 13.5. The summed E-state index contributed by atoms with van der Waals surface area (Å²) in [5, 5.41) is 10.5. The van der Waals surface area contributed by atoms with Crippen molar-refractivity contribution in [3.63, 3.8) is 0 Å². The third-order valence-electron chi connectivity index (χ3n) is 2.27. The molecule has 6 nitrogen and oxygen atoms in total. The first-order chi connectivity index (χ1) is 9.19. The number of halogens is 2. The van der Waals surface area contributed by atoms with E-state index in [0.717, 1.165) is 0 Å². The van der Waals surface area contributed by atoms with E-state index in [1.54, 1.807) is 0 Å². The minimum atomic E-state index is -4.38. The zero-order chi connectivity index (χ0) is 15.5. The molecule has 1 N–H and O–H groups in total. The first kappa shape index (κ1) is 16.0. The van der Waals surface area contributed by atoms with Crippen LogP contribution in [0.5, 0.6) is 0 Å². The SMILES string of the molecule is C#CCC(C)NS(=O)(=O)c1cc([N+](=O)[O-])c(F)cc1F. The van der Waals surface area contributed by atoms with Crippen molar-refractivity contribution in [3.05, 3.63) is 33.9 Å². The minimum Gasteiger partial charge on any atom is -0.258 e. The van der Waals surface area contributed by atoms with Crippen LogP contribution in [0.15, 0.2) is 17.0 Å². The van der Waals surface area contributed by atoms with Crippen molar-refractivity contribution in [2.75, 3.05) is 0 Å². The number of nitro benzene ring substituents is 1. The molecule has 0 amide bonds. The summed E-state index contributed by atoms with van der Waals surface area (Å²) >= 11 is 0. The standard InChI is InChI=1S/C11H10F2N2O4S/c1-3-4-7(2)14-20(18,19)11-6-10(15(16)17)8(12)5-9(11)13/h1,5-7,14H,4H2,2H3. The van der Waals surface area contributed by atoms with Crippen molar-refractivity contribution in [2.45, 2.75) is 24.3 Å². The normalized spacial score (nSPS) is 12.7. The summed E-state index contributed by atoms with van der Waals surface area (Å²) in [6.45, 7) is 1.44. The van der Waals surface area contributed by atoms with Gasteiger partial charge in [0.05, 0.1) is 4.92 Å². The molecular formula is C11H10F2N2O4S. The molecule has 0 fully saturated rings. The largest absolute Gasteiger partial charge is 0.306 e. The van der Waals surface area contributed by atoms with E-state index in [2.05, 4.69) is 5.92 Å². The van der Waals surface area contributed by atoms with Crippen molar-refractivity contribution >= 4 is 15.7 Å². The van der Waals surface area contributed by atoms with Gasteiger partial charge in [-0.2, -0.15) is 4.39 Å². The van der Waals surface area contributed by atoms with Gasteiger partial charge >= 0.3 is 5.69 Å². The van der Waals surface area contributed by atoms with Gasteiger partial charge in [0, 0.05) is 24.6 Å². The Kier molecular flexibility index (Phi) is 4.75. The monoisotopic (exact) mass is 304 g/mol. The Hall–Kier alpha value is -2.05. The van der Waals surface area contributed by atoms with Gasteiger partial charge in [0.25, 0.3) is 0 Å². The Morgan fingerprint density at radius 2 is 2.05 bits per heavy atom. The lowest BCUT2D eigenvalue weighted by molar-refractivity contribution is -0.387. The molecule has 0 saturated carbocycles. The molecule has 9 heteroatoms. The molecule has 1 atom stereocenters. The van der Waals surface area contributed by atoms with Crippen molar-refractivity contribution in [1.82, 2.24) is 4.72 Å². The van der Waals surface area contributed by atoms with Gasteiger partial charge in [0.1, 0.15) is 10.7 Å². The molecule has 0 radical (unpaired) electrons. The number of sulfonamides is 1. The van der Waals surface area contributed by atoms with E-state index in [1.165, 1.54) is 6.92 Å². The van der Waals surface area contributed by atoms with Gasteiger partial charge in [0.15, 0.2) is 0 Å². The van der Waals surface area contributed by atoms with Crippen LogP contribution in [0.2, 0.25) is 0 Å². The number of nitrogens with one attached hydrogen (secondary N) is 1. The lowest BCUT2D eigenvalue weighted by Gasteiger charge is -2.12. The lowest BCUT2D eigenvalue weighted by atomic mass is 10.3. The zero-order valence-electron chi connectivity index (χ0n) is 10.3. The maximum Gasteiger partial charge on any atom is 0.306 e. The summed E-state index contributed by atoms with van der Waals surface area (Å²) < 4.78 is 52.4. The van der Waals surface area contributed by atoms with Gasteiger partial charge in [-0.05, 0) is 6.92 Å². The van der Waals surface area contributed by atoms with Gasteiger partial charge in [0.2, 0.25) is 15.8 Å². The number of rotatable bonds is 5. The molecule has 0 aliphatic carbocycles. The molecule has 1 unspecified atom stereocenters. The van der Waals surface area contributed by atoms with Crippen LogP contribution in [0, 0.1) is 34.1 Å². The lowest BCUT2D eigenvalue weighted by Crippen LogP contribution is -2.32. The Morgan fingerprint density at radius 1 is 1.45 bits per heavy atom. The molecule has 0 aromatic heterocycles. The van der Waals surface area contributed by atoms with E-state index >= 15 is 0 Å². The summed E-state index contributed by atoms with van der Waals surface area (Å²) in [6, 6.07) is -0.220. The fourth-order valence-corrected chi connectivity index (χ4v) is 2.73. The molecule has 0 saturated heterocycles. The van der Waals surface area contributed by atoms with Crippen molar-refractivity contribution in [2.24, 2.45) is 0 Å². The van der Waals surface area contributed by atoms with Crippen LogP contribution in [-0.4, -0.2) is 19.4 Å². The van der Waals surface area contributed by atoms with Crippen LogP contribution in [0.3, 0.4) is 0 Å². The van der Waals surface area contributed by atoms with Gasteiger partial charge < -0.3 is 0 Å². The van der Waals surface area contributed by atoms with Gasteiger partial charge in [-0.15, -0.1) is 12.3 Å². The summed E-state index contributed by atoms with van der Waals surface area (Å²) in [5.74, 6) is -0.672. The van der Waals surface area contributed by atoms with Crippen LogP contribution in [0.1, 0.15) is 13.3 Å². The van der Waals surface area contributed by atoms with E-state index in [1.807, 2.05) is 4.72 Å². The number of nitro groups is 1. The molecule has 0 aliphatic heterocycles. The first-order valence-corrected chi connectivity index (χ1v) is 6.76. The Bertz CT molecular complexity index is 682. The Balaban J connectivity index is 3.29. The number of hydrogen-bond acceptors (Lipinski definition) is 4. The fourth-order valence-electron chi connectivity index (χ4n) is 1.41. The third-order valence-corrected chi connectivity index (χ3v) is 3.87. The number of benzene rings is 1. The molecule has 0 bridgehead atoms. The van der Waals surface area contributed by atoms with Crippen LogP contribution in [0.4, 0.5) is 14.5 Å². The highest BCUT2D eigenvalue weighted by atomic mass is 32.2. The topological polar surface area (TPSA) is 89.3 Å². The molecule has 1 aromatic carbocycles. The summed E-state index contributed by atoms with van der Waals surface area (Å²) in [4.78, 5) is 8.39. The number of nitrogens with zero attached hydrogens (tertiary/aromatic N) is 1. The van der Waals surface area contributed by atoms with Crippen LogP contribution in [0.25, 0.3) is 0 Å². The van der Waals surface area contributed by atoms with Gasteiger partial charge in [-0.25, -0.2) is 17.5 Å². The zero-order valence-corrected chi connectivity index (χ0v) is 11.1. The molecule has 1 aromatic rings. The average Bonchev–Trinajstić information content (AvgIpc) is 2.27. The smallest absolute Gasteiger partial charge is 0.258 e. The van der Waals surface area contributed by atoms with E-state index < -0.39 is 43.2 Å². The quantitative estimate of drug-likeness (QED) is 0.508. The van der Waals surface area contributed by atoms with Crippen molar-refractivity contribution in [3.8, 4) is 12.3 Å². The predicted molar refractivity (Wildman–Crippen MR) is 66.2 cm³/mol. The van der Waals surface area contributed by atoms with Crippen molar-refractivity contribution in [1.29, 1.82) is 0 Å². The van der Waals surface area contributed by atoms with Crippen LogP contribution in [-0.2, 0) is 10.0 Å². The highest BCUT2D eigenvalue weighted by Crippen LogP contribution is 2.24. The molecule has 1 rings (SSSR count). The van der Waals surface area contributed by atoms with E-state index in [4.69, 9.17) is 6.42 Å². The van der Waals surface area contributed by atoms with Crippen molar-refractivity contribution < 1.29 is 22.1 Å². The second kappa shape index (κ2) is 5.94. The maximum absolute atomic E-state index is 13.5. The van der Waals surface area contributed by atoms with E-state index in [-0.39, 0.29) is 12.5 Å². The average molecular weight is 304 g/mol. The third kappa shape index (κ3) is 3.49. The van der Waals surface area contributed by atoms with E-state index in [9.17, 15) is 27.3 Å². The second-order valence-electron chi connectivity index (χ2n) is 3.92. The summed E-state index contributed by atoms with van der Waals surface area (Å²) in [6.07, 6.45) is 5.05. The number of hydrogen-bond donors (Lipinski definition) is 1. The van der Waals surface area contributed by atoms with Crippen LogP contribution < -0.4 is 4.72 Å². The van der Waals surface area contributed by atoms with Crippen LogP contribution >= 0.6 is 0 Å². The second-order valence-corrected chi connectivity index (χ2v) is 5.60. The summed E-state index contributed by atoms with van der Waals surface area (Å²) in [7, 11) is -4.38. The Morgan fingerprint density at radius 3 is 2.55 bits per heavy atom. The first-order valence-electron chi connectivity index (χ1n) is 5.28. The molecular weight excluding hydrogens is 294 g/mol. The molecule has 0 spiro atoms. The highest BCUT2D eigenvalue weighted by Gasteiger charge is 2.27. The Labute approximate surface area is 114 Å². The fraction of sp³-hybridized carbons (Fsp3) is 0.273. The molecule has 0 aliphatic rings. The molecule has 20 heavy (non-hydrogen) atoms. The predicted octanol–water partition coefficient (Wildman–Crippen LogP) is 1.56. The molecule has 0 heterocycles. The minimum absolute atomic E-state index is 0.0458. The summed E-state index contributed by atoms with van der Waals surface area (Å²) in [5.41, 5.74) is -1.13. The van der Waals surface area contributed by atoms with Gasteiger partial charge in [-0.1, -0.05) is 0 Å². The number of terminal acetylenes is 1.